The van der Waals surface area contributed by atoms with Gasteiger partial charge < -0.3 is 15.2 Å². The first kappa shape index (κ1) is 15.7. The molecular formula is C12H17N3O5. The Morgan fingerprint density at radius 2 is 2.20 bits per heavy atom. The zero-order chi connectivity index (χ0) is 15.1. The van der Waals surface area contributed by atoms with Crippen LogP contribution in [0.15, 0.2) is 12.3 Å². The van der Waals surface area contributed by atoms with Crippen molar-refractivity contribution in [1.29, 1.82) is 0 Å². The van der Waals surface area contributed by atoms with E-state index >= 15 is 0 Å². The van der Waals surface area contributed by atoms with E-state index in [0.717, 1.165) is 0 Å². The minimum absolute atomic E-state index is 0.0300. The Morgan fingerprint density at radius 3 is 2.70 bits per heavy atom. The van der Waals surface area contributed by atoms with Crippen molar-refractivity contribution < 1.29 is 24.2 Å². The lowest BCUT2D eigenvalue weighted by Gasteiger charge is -2.14. The number of carbonyl (C=O) groups is 3. The SMILES string of the molecule is CCOC(=O)CC[C@H](NC(=O)c1ccnn1C)C(=O)O. The maximum atomic E-state index is 11.9. The van der Waals surface area contributed by atoms with Crippen molar-refractivity contribution in [3.63, 3.8) is 0 Å². The molecule has 0 bridgehead atoms. The number of nitrogens with zero attached hydrogens (tertiary/aromatic N) is 2. The van der Waals surface area contributed by atoms with Crippen molar-refractivity contribution in [2.24, 2.45) is 7.05 Å². The molecule has 1 aromatic heterocycles. The van der Waals surface area contributed by atoms with Crippen LogP contribution >= 0.6 is 0 Å². The van der Waals surface area contributed by atoms with Crippen LogP contribution in [0.2, 0.25) is 0 Å². The second-order valence-corrected chi connectivity index (χ2v) is 4.05. The zero-order valence-electron chi connectivity index (χ0n) is 11.3. The molecule has 1 atom stereocenters. The summed E-state index contributed by atoms with van der Waals surface area (Å²) in [6.45, 7) is 1.90. The Labute approximate surface area is 115 Å². The predicted octanol–water partition coefficient (Wildman–Crippen LogP) is -0.0536. The topological polar surface area (TPSA) is 111 Å². The first-order valence-corrected chi connectivity index (χ1v) is 6.13. The first-order valence-electron chi connectivity index (χ1n) is 6.13. The number of nitrogens with one attached hydrogen (secondary N) is 1. The summed E-state index contributed by atoms with van der Waals surface area (Å²) in [5.41, 5.74) is 0.243. The lowest BCUT2D eigenvalue weighted by atomic mass is 10.1. The molecular weight excluding hydrogens is 266 g/mol. The van der Waals surface area contributed by atoms with Crippen LogP contribution in [0.4, 0.5) is 0 Å². The molecule has 110 valence electrons. The number of aromatic nitrogens is 2. The molecule has 0 aromatic carbocycles. The molecule has 0 unspecified atom stereocenters. The summed E-state index contributed by atoms with van der Waals surface area (Å²) in [6.07, 6.45) is 1.33. The molecule has 20 heavy (non-hydrogen) atoms. The third kappa shape index (κ3) is 4.38. The van der Waals surface area contributed by atoms with E-state index in [9.17, 15) is 14.4 Å². The van der Waals surface area contributed by atoms with Crippen LogP contribution in [-0.2, 0) is 21.4 Å². The van der Waals surface area contributed by atoms with Gasteiger partial charge in [0.15, 0.2) is 0 Å². The number of carboxylic acids is 1. The minimum Gasteiger partial charge on any atom is -0.480 e. The quantitative estimate of drug-likeness (QED) is 0.679. The number of esters is 1. The Kier molecular flexibility index (Phi) is 5.70. The zero-order valence-corrected chi connectivity index (χ0v) is 11.3. The number of carbonyl (C=O) groups excluding carboxylic acids is 2. The van der Waals surface area contributed by atoms with E-state index in [1.54, 1.807) is 14.0 Å². The molecule has 0 fully saturated rings. The van der Waals surface area contributed by atoms with E-state index in [0.29, 0.717) is 0 Å². The van der Waals surface area contributed by atoms with E-state index in [1.807, 2.05) is 0 Å². The molecule has 0 aliphatic rings. The highest BCUT2D eigenvalue weighted by Crippen LogP contribution is 2.03. The second kappa shape index (κ2) is 7.27. The Bertz CT molecular complexity index is 497. The fourth-order valence-corrected chi connectivity index (χ4v) is 1.58. The van der Waals surface area contributed by atoms with Gasteiger partial charge in [0.05, 0.1) is 6.61 Å². The molecule has 1 rings (SSSR count). The van der Waals surface area contributed by atoms with Gasteiger partial charge in [-0.05, 0) is 19.4 Å². The van der Waals surface area contributed by atoms with E-state index in [2.05, 4.69) is 10.4 Å². The summed E-state index contributed by atoms with van der Waals surface area (Å²) in [5.74, 6) is -2.25. The average molecular weight is 283 g/mol. The van der Waals surface area contributed by atoms with Crippen LogP contribution in [0, 0.1) is 0 Å². The van der Waals surface area contributed by atoms with Crippen molar-refractivity contribution in [2.75, 3.05) is 6.61 Å². The van der Waals surface area contributed by atoms with Gasteiger partial charge in [-0.1, -0.05) is 0 Å². The van der Waals surface area contributed by atoms with Gasteiger partial charge in [-0.15, -0.1) is 0 Å². The van der Waals surface area contributed by atoms with E-state index in [4.69, 9.17) is 9.84 Å². The Morgan fingerprint density at radius 1 is 1.50 bits per heavy atom. The lowest BCUT2D eigenvalue weighted by Crippen LogP contribution is -2.41. The molecule has 1 heterocycles. The first-order chi connectivity index (χ1) is 9.45. The summed E-state index contributed by atoms with van der Waals surface area (Å²) < 4.78 is 6.04. The molecule has 1 aromatic rings. The lowest BCUT2D eigenvalue weighted by molar-refractivity contribution is -0.144. The van der Waals surface area contributed by atoms with Crippen LogP contribution in [0.1, 0.15) is 30.3 Å². The largest absolute Gasteiger partial charge is 0.480 e. The van der Waals surface area contributed by atoms with E-state index in [1.165, 1.54) is 16.9 Å². The summed E-state index contributed by atoms with van der Waals surface area (Å²) in [7, 11) is 1.57. The van der Waals surface area contributed by atoms with Crippen molar-refractivity contribution in [2.45, 2.75) is 25.8 Å². The maximum absolute atomic E-state index is 11.9. The summed E-state index contributed by atoms with van der Waals surface area (Å²) in [6, 6.07) is 0.321. The van der Waals surface area contributed by atoms with Crippen molar-refractivity contribution in [3.8, 4) is 0 Å². The highest BCUT2D eigenvalue weighted by atomic mass is 16.5. The normalized spacial score (nSPS) is 11.7. The van der Waals surface area contributed by atoms with Gasteiger partial charge in [0.25, 0.3) is 5.91 Å². The number of aliphatic carboxylic acids is 1. The van der Waals surface area contributed by atoms with Crippen LogP contribution in [-0.4, -0.2) is 45.4 Å². The number of hydrogen-bond acceptors (Lipinski definition) is 5. The molecule has 0 saturated carbocycles. The second-order valence-electron chi connectivity index (χ2n) is 4.05. The molecule has 1 amide bonds. The summed E-state index contributed by atoms with van der Waals surface area (Å²) in [5, 5.41) is 15.2. The molecule has 0 radical (unpaired) electrons. The van der Waals surface area contributed by atoms with Crippen molar-refractivity contribution in [1.82, 2.24) is 15.1 Å². The van der Waals surface area contributed by atoms with Crippen molar-refractivity contribution in [3.05, 3.63) is 18.0 Å². The molecule has 0 aliphatic carbocycles. The number of hydrogen-bond donors (Lipinski definition) is 2. The smallest absolute Gasteiger partial charge is 0.326 e. The molecule has 0 saturated heterocycles. The number of carboxylic acid groups (broad SMARTS) is 1. The summed E-state index contributed by atoms with van der Waals surface area (Å²) >= 11 is 0. The number of aryl methyl sites for hydroxylation is 1. The molecule has 0 spiro atoms. The highest BCUT2D eigenvalue weighted by Gasteiger charge is 2.23. The Balaban J connectivity index is 2.59. The maximum Gasteiger partial charge on any atom is 0.326 e. The van der Waals surface area contributed by atoms with Gasteiger partial charge in [0, 0.05) is 19.7 Å². The molecule has 8 heteroatoms. The number of amides is 1. The van der Waals surface area contributed by atoms with Crippen molar-refractivity contribution >= 4 is 17.8 Å². The van der Waals surface area contributed by atoms with Gasteiger partial charge in [-0.3, -0.25) is 14.3 Å². The monoisotopic (exact) mass is 283 g/mol. The van der Waals surface area contributed by atoms with Gasteiger partial charge in [0.2, 0.25) is 0 Å². The van der Waals surface area contributed by atoms with Crippen LogP contribution in [0.5, 0.6) is 0 Å². The van der Waals surface area contributed by atoms with Crippen LogP contribution in [0.3, 0.4) is 0 Å². The minimum atomic E-state index is -1.20. The van der Waals surface area contributed by atoms with E-state index in [-0.39, 0.29) is 25.1 Å². The number of ether oxygens (including phenoxy) is 1. The molecule has 8 nitrogen and oxygen atoms in total. The standard InChI is InChI=1S/C12H17N3O5/c1-3-20-10(16)5-4-8(12(18)19)14-11(17)9-6-7-13-15(9)2/h6-8H,3-5H2,1-2H3,(H,14,17)(H,18,19)/t8-/m0/s1. The average Bonchev–Trinajstić information content (AvgIpc) is 2.80. The summed E-state index contributed by atoms with van der Waals surface area (Å²) in [4.78, 5) is 34.1. The van der Waals surface area contributed by atoms with Gasteiger partial charge in [-0.25, -0.2) is 4.79 Å². The highest BCUT2D eigenvalue weighted by molar-refractivity contribution is 5.95. The van der Waals surface area contributed by atoms with Gasteiger partial charge >= 0.3 is 11.9 Å². The Hall–Kier alpha value is -2.38. The third-order valence-corrected chi connectivity index (χ3v) is 2.60. The van der Waals surface area contributed by atoms with Crippen LogP contribution in [0.25, 0.3) is 0 Å². The van der Waals surface area contributed by atoms with Gasteiger partial charge in [0.1, 0.15) is 11.7 Å². The molecule has 2 N–H and O–H groups in total. The number of rotatable bonds is 7. The van der Waals surface area contributed by atoms with E-state index < -0.39 is 23.9 Å². The fourth-order valence-electron chi connectivity index (χ4n) is 1.58. The van der Waals surface area contributed by atoms with Crippen LogP contribution < -0.4 is 5.32 Å². The fraction of sp³-hybridized carbons (Fsp3) is 0.500. The van der Waals surface area contributed by atoms with Gasteiger partial charge in [-0.2, -0.15) is 5.10 Å². The molecule has 0 aliphatic heterocycles. The predicted molar refractivity (Wildman–Crippen MR) is 68.0 cm³/mol. The third-order valence-electron chi connectivity index (χ3n) is 2.60.